The summed E-state index contributed by atoms with van der Waals surface area (Å²) in [4.78, 5) is 24.1. The Morgan fingerprint density at radius 2 is 1.95 bits per heavy atom. The topological polar surface area (TPSA) is 67.4 Å². The van der Waals surface area contributed by atoms with E-state index in [9.17, 15) is 9.59 Å². The molecule has 1 fully saturated rings. The first-order valence-electron chi connectivity index (χ1n) is 7.02. The summed E-state index contributed by atoms with van der Waals surface area (Å²) in [5, 5.41) is 5.45. The Bertz CT molecular complexity index is 563. The Morgan fingerprint density at radius 3 is 2.52 bits per heavy atom. The molecule has 0 radical (unpaired) electrons. The number of carbonyl (C=O) groups excluding carboxylic acids is 2. The van der Waals surface area contributed by atoms with Crippen molar-refractivity contribution in [3.05, 3.63) is 35.5 Å². The predicted octanol–water partition coefficient (Wildman–Crippen LogP) is 1.70. The van der Waals surface area contributed by atoms with Crippen LogP contribution >= 0.6 is 0 Å². The molecule has 1 aromatic rings. The Kier molecular flexibility index (Phi) is 4.62. The summed E-state index contributed by atoms with van der Waals surface area (Å²) in [5.74, 6) is 0.432. The van der Waals surface area contributed by atoms with Crippen molar-refractivity contribution in [3.8, 4) is 5.75 Å². The van der Waals surface area contributed by atoms with E-state index in [-0.39, 0.29) is 23.4 Å². The fourth-order valence-corrected chi connectivity index (χ4v) is 2.16. The summed E-state index contributed by atoms with van der Waals surface area (Å²) in [6.45, 7) is 3.94. The van der Waals surface area contributed by atoms with Crippen molar-refractivity contribution in [1.29, 1.82) is 0 Å². The van der Waals surface area contributed by atoms with Crippen LogP contribution in [0.25, 0.3) is 6.08 Å². The molecule has 21 heavy (non-hydrogen) atoms. The van der Waals surface area contributed by atoms with E-state index in [2.05, 4.69) is 10.6 Å². The van der Waals surface area contributed by atoms with Gasteiger partial charge in [0.25, 0.3) is 5.91 Å². The molecular formula is C16H20N2O3. The summed E-state index contributed by atoms with van der Waals surface area (Å²) in [7, 11) is 1.59. The van der Waals surface area contributed by atoms with Crippen LogP contribution in [0.15, 0.2) is 30.0 Å². The summed E-state index contributed by atoms with van der Waals surface area (Å²) < 4.78 is 5.08. The molecule has 1 aliphatic rings. The third-order valence-corrected chi connectivity index (χ3v) is 3.71. The second-order valence-electron chi connectivity index (χ2n) is 5.16. The maximum atomic E-state index is 12.1. The molecule has 2 N–H and O–H groups in total. The maximum absolute atomic E-state index is 12.1. The van der Waals surface area contributed by atoms with Crippen molar-refractivity contribution in [3.63, 3.8) is 0 Å². The number of ether oxygens (including phenoxy) is 1. The van der Waals surface area contributed by atoms with E-state index in [4.69, 9.17) is 4.74 Å². The minimum absolute atomic E-state index is 0.108. The van der Waals surface area contributed by atoms with E-state index in [1.807, 2.05) is 26.0 Å². The molecule has 0 aromatic heterocycles. The fourth-order valence-electron chi connectivity index (χ4n) is 2.16. The van der Waals surface area contributed by atoms with E-state index < -0.39 is 6.04 Å². The first kappa shape index (κ1) is 15.1. The molecular weight excluding hydrogens is 268 g/mol. The average Bonchev–Trinajstić information content (AvgIpc) is 2.50. The number of hydrogen-bond acceptors (Lipinski definition) is 3. The van der Waals surface area contributed by atoms with Gasteiger partial charge in [-0.3, -0.25) is 9.59 Å². The minimum atomic E-state index is -0.462. The van der Waals surface area contributed by atoms with Crippen LogP contribution in [0.2, 0.25) is 0 Å². The summed E-state index contributed by atoms with van der Waals surface area (Å²) in [6, 6.07) is 6.79. The van der Waals surface area contributed by atoms with Gasteiger partial charge in [-0.05, 0) is 29.7 Å². The lowest BCUT2D eigenvalue weighted by atomic mass is 9.96. The number of methoxy groups -OCH3 is 1. The van der Waals surface area contributed by atoms with Crippen molar-refractivity contribution >= 4 is 17.9 Å². The van der Waals surface area contributed by atoms with Gasteiger partial charge in [-0.1, -0.05) is 32.4 Å². The monoisotopic (exact) mass is 288 g/mol. The predicted molar refractivity (Wildman–Crippen MR) is 80.5 cm³/mol. The Hall–Kier alpha value is -2.30. The van der Waals surface area contributed by atoms with Crippen molar-refractivity contribution in [2.45, 2.75) is 26.3 Å². The molecule has 5 nitrogen and oxygen atoms in total. The fraction of sp³-hybridized carbons (Fsp3) is 0.375. The Labute approximate surface area is 124 Å². The molecule has 2 rings (SSSR count). The van der Waals surface area contributed by atoms with Gasteiger partial charge in [0.1, 0.15) is 17.5 Å². The lowest BCUT2D eigenvalue weighted by molar-refractivity contribution is -0.132. The molecule has 1 saturated heterocycles. The molecule has 5 heteroatoms. The number of benzene rings is 1. The zero-order valence-corrected chi connectivity index (χ0v) is 12.5. The molecule has 0 spiro atoms. The van der Waals surface area contributed by atoms with Gasteiger partial charge in [-0.15, -0.1) is 0 Å². The number of rotatable bonds is 4. The molecule has 0 unspecified atom stereocenters. The van der Waals surface area contributed by atoms with Crippen LogP contribution in [0.1, 0.15) is 25.8 Å². The normalized spacial score (nSPS) is 21.7. The SMILES string of the molecule is CC[C@H](C)[C@H]1NC(=O)C(=Cc2ccc(OC)cc2)NC1=O. The molecule has 1 aromatic carbocycles. The van der Waals surface area contributed by atoms with Gasteiger partial charge in [0.05, 0.1) is 7.11 Å². The molecule has 1 heterocycles. The quantitative estimate of drug-likeness (QED) is 0.829. The smallest absolute Gasteiger partial charge is 0.268 e. The largest absolute Gasteiger partial charge is 0.497 e. The van der Waals surface area contributed by atoms with Crippen molar-refractivity contribution in [1.82, 2.24) is 10.6 Å². The minimum Gasteiger partial charge on any atom is -0.497 e. The lowest BCUT2D eigenvalue weighted by Crippen LogP contribution is -2.57. The van der Waals surface area contributed by atoms with Crippen LogP contribution < -0.4 is 15.4 Å². The first-order chi connectivity index (χ1) is 10.0. The Balaban J connectivity index is 2.16. The highest BCUT2D eigenvalue weighted by atomic mass is 16.5. The first-order valence-corrected chi connectivity index (χ1v) is 7.02. The number of piperazine rings is 1. The number of nitrogens with one attached hydrogen (secondary N) is 2. The van der Waals surface area contributed by atoms with Gasteiger partial charge in [0.15, 0.2) is 0 Å². The zero-order chi connectivity index (χ0) is 15.4. The van der Waals surface area contributed by atoms with E-state index in [0.29, 0.717) is 0 Å². The van der Waals surface area contributed by atoms with Crippen LogP contribution in [-0.2, 0) is 9.59 Å². The van der Waals surface area contributed by atoms with Crippen molar-refractivity contribution in [2.75, 3.05) is 7.11 Å². The highest BCUT2D eigenvalue weighted by molar-refractivity contribution is 6.07. The Morgan fingerprint density at radius 1 is 1.29 bits per heavy atom. The van der Waals surface area contributed by atoms with Gasteiger partial charge in [-0.2, -0.15) is 0 Å². The third-order valence-electron chi connectivity index (χ3n) is 3.71. The highest BCUT2D eigenvalue weighted by Gasteiger charge is 2.32. The number of carbonyl (C=O) groups is 2. The second kappa shape index (κ2) is 6.43. The van der Waals surface area contributed by atoms with Gasteiger partial charge in [0.2, 0.25) is 5.91 Å². The average molecular weight is 288 g/mol. The van der Waals surface area contributed by atoms with E-state index in [0.717, 1.165) is 17.7 Å². The molecule has 0 bridgehead atoms. The molecule has 1 aliphatic heterocycles. The maximum Gasteiger partial charge on any atom is 0.268 e. The van der Waals surface area contributed by atoms with Crippen molar-refractivity contribution < 1.29 is 14.3 Å². The van der Waals surface area contributed by atoms with E-state index in [1.165, 1.54) is 0 Å². The number of amides is 2. The van der Waals surface area contributed by atoms with Crippen LogP contribution in [0.4, 0.5) is 0 Å². The summed E-state index contributed by atoms with van der Waals surface area (Å²) in [5.41, 5.74) is 1.09. The molecule has 112 valence electrons. The highest BCUT2D eigenvalue weighted by Crippen LogP contribution is 2.16. The molecule has 0 aliphatic carbocycles. The van der Waals surface area contributed by atoms with Gasteiger partial charge in [-0.25, -0.2) is 0 Å². The van der Waals surface area contributed by atoms with Crippen LogP contribution in [0.3, 0.4) is 0 Å². The van der Waals surface area contributed by atoms with Gasteiger partial charge >= 0.3 is 0 Å². The molecule has 2 amide bonds. The summed E-state index contributed by atoms with van der Waals surface area (Å²) in [6.07, 6.45) is 2.48. The third kappa shape index (κ3) is 3.42. The van der Waals surface area contributed by atoms with Crippen LogP contribution in [0, 0.1) is 5.92 Å². The van der Waals surface area contributed by atoms with Crippen LogP contribution in [0.5, 0.6) is 5.75 Å². The van der Waals surface area contributed by atoms with E-state index >= 15 is 0 Å². The van der Waals surface area contributed by atoms with Crippen molar-refractivity contribution in [2.24, 2.45) is 5.92 Å². The van der Waals surface area contributed by atoms with Crippen LogP contribution in [-0.4, -0.2) is 25.0 Å². The van der Waals surface area contributed by atoms with Gasteiger partial charge in [0, 0.05) is 0 Å². The second-order valence-corrected chi connectivity index (χ2v) is 5.16. The standard InChI is InChI=1S/C16H20N2O3/c1-4-10(2)14-16(20)17-13(15(19)18-14)9-11-5-7-12(21-3)8-6-11/h5-10,14H,4H2,1-3H3,(H,17,20)(H,18,19)/t10-,14+/m0/s1. The number of hydrogen-bond donors (Lipinski definition) is 2. The van der Waals surface area contributed by atoms with E-state index in [1.54, 1.807) is 25.3 Å². The molecule has 0 saturated carbocycles. The lowest BCUT2D eigenvalue weighted by Gasteiger charge is -2.28. The molecule has 2 atom stereocenters. The zero-order valence-electron chi connectivity index (χ0n) is 12.5. The van der Waals surface area contributed by atoms with Gasteiger partial charge < -0.3 is 15.4 Å². The summed E-state index contributed by atoms with van der Waals surface area (Å²) >= 11 is 0.